The Balaban J connectivity index is 1.69. The van der Waals surface area contributed by atoms with Crippen LogP contribution in [0.3, 0.4) is 0 Å². The van der Waals surface area contributed by atoms with Crippen LogP contribution in [0.15, 0.2) is 54.0 Å². The molecule has 0 radical (unpaired) electrons. The maximum absolute atomic E-state index is 9.48. The van der Waals surface area contributed by atoms with Crippen molar-refractivity contribution in [1.29, 1.82) is 5.26 Å². The van der Waals surface area contributed by atoms with E-state index in [0.29, 0.717) is 12.0 Å². The molecule has 0 N–H and O–H groups in total. The van der Waals surface area contributed by atoms with E-state index in [1.165, 1.54) is 34.4 Å². The summed E-state index contributed by atoms with van der Waals surface area (Å²) in [7, 11) is 0. The highest BCUT2D eigenvalue weighted by Gasteiger charge is 2.18. The van der Waals surface area contributed by atoms with Gasteiger partial charge >= 0.3 is 0 Å². The molecule has 3 nitrogen and oxygen atoms in total. The van der Waals surface area contributed by atoms with Crippen molar-refractivity contribution in [1.82, 2.24) is 4.98 Å². The summed E-state index contributed by atoms with van der Waals surface area (Å²) >= 11 is 1.69. The molecule has 4 rings (SSSR count). The molecule has 0 unspecified atom stereocenters. The number of hydrogen-bond acceptors (Lipinski definition) is 4. The molecule has 136 valence electrons. The Bertz CT molecular complexity index is 1000. The van der Waals surface area contributed by atoms with Crippen LogP contribution in [0.25, 0.3) is 16.0 Å². The topological polar surface area (TPSA) is 45.9 Å². The van der Waals surface area contributed by atoms with Crippen molar-refractivity contribution >= 4 is 16.9 Å². The second-order valence-corrected chi connectivity index (χ2v) is 8.24. The molecule has 0 spiro atoms. The van der Waals surface area contributed by atoms with E-state index in [2.05, 4.69) is 29.3 Å². The summed E-state index contributed by atoms with van der Waals surface area (Å²) in [4.78, 5) is 5.86. The number of rotatable bonds is 4. The summed E-state index contributed by atoms with van der Waals surface area (Å²) in [5.74, 6) is 0.824. The van der Waals surface area contributed by atoms with Gasteiger partial charge in [-0.2, -0.15) is 5.26 Å². The first-order valence-corrected chi connectivity index (χ1v) is 10.2. The number of hydrogen-bond donors (Lipinski definition) is 0. The third kappa shape index (κ3) is 3.74. The molecule has 0 atom stereocenters. The summed E-state index contributed by atoms with van der Waals surface area (Å²) in [5, 5.41) is 10.4. The fourth-order valence-corrected chi connectivity index (χ4v) is 4.65. The highest BCUT2D eigenvalue weighted by Crippen LogP contribution is 2.37. The van der Waals surface area contributed by atoms with Gasteiger partial charge in [0.25, 0.3) is 0 Å². The van der Waals surface area contributed by atoms with Crippen molar-refractivity contribution in [3.63, 3.8) is 0 Å². The van der Waals surface area contributed by atoms with Crippen LogP contribution in [-0.2, 0) is 17.6 Å². The number of ether oxygens (including phenoxy) is 1. The standard InChI is InChI=1S/C23H22N2OS/c1-15(2)26-19-10-9-18(11-16(12-19)13-24)23-25-14-22(27-23)21-8-4-6-17-5-3-7-20(17)21/h4,6,8-11,14-15H,3,5,7,12H2,1-2H3. The van der Waals surface area contributed by atoms with Gasteiger partial charge in [-0.05, 0) is 68.0 Å². The zero-order valence-corrected chi connectivity index (χ0v) is 16.5. The monoisotopic (exact) mass is 374 g/mol. The number of allylic oxidation sites excluding steroid dienone is 5. The normalized spacial score (nSPS) is 16.1. The lowest BCUT2D eigenvalue weighted by atomic mass is 10.0. The third-order valence-electron chi connectivity index (χ3n) is 4.84. The van der Waals surface area contributed by atoms with Crippen LogP contribution in [0.2, 0.25) is 0 Å². The Hall–Kier alpha value is -2.64. The van der Waals surface area contributed by atoms with Gasteiger partial charge in [0, 0.05) is 23.8 Å². The molecule has 2 aromatic rings. The van der Waals surface area contributed by atoms with Crippen LogP contribution in [0.5, 0.6) is 0 Å². The minimum absolute atomic E-state index is 0.0952. The van der Waals surface area contributed by atoms with Crippen LogP contribution in [-0.4, -0.2) is 11.1 Å². The number of aryl methyl sites for hydroxylation is 1. The van der Waals surface area contributed by atoms with E-state index < -0.39 is 0 Å². The second-order valence-electron chi connectivity index (χ2n) is 7.21. The molecule has 0 bridgehead atoms. The number of thiazole rings is 1. The van der Waals surface area contributed by atoms with Gasteiger partial charge in [-0.1, -0.05) is 18.2 Å². The summed E-state index contributed by atoms with van der Waals surface area (Å²) < 4.78 is 5.82. The molecular formula is C23H22N2OS. The van der Waals surface area contributed by atoms with Gasteiger partial charge in [-0.15, -0.1) is 11.3 Å². The molecule has 1 heterocycles. The number of benzene rings is 1. The Kier molecular flexibility index (Phi) is 4.96. The zero-order chi connectivity index (χ0) is 18.8. The molecular weight excluding hydrogens is 352 g/mol. The van der Waals surface area contributed by atoms with E-state index in [-0.39, 0.29) is 6.10 Å². The predicted molar refractivity (Wildman–Crippen MR) is 110 cm³/mol. The lowest BCUT2D eigenvalue weighted by Crippen LogP contribution is -2.02. The zero-order valence-electron chi connectivity index (χ0n) is 15.7. The highest BCUT2D eigenvalue weighted by molar-refractivity contribution is 7.16. The number of aromatic nitrogens is 1. The summed E-state index contributed by atoms with van der Waals surface area (Å²) in [6.45, 7) is 4.00. The predicted octanol–water partition coefficient (Wildman–Crippen LogP) is 5.84. The average molecular weight is 375 g/mol. The van der Waals surface area contributed by atoms with Crippen molar-refractivity contribution in [2.45, 2.75) is 45.6 Å². The van der Waals surface area contributed by atoms with Gasteiger partial charge in [-0.3, -0.25) is 0 Å². The lowest BCUT2D eigenvalue weighted by Gasteiger charge is -2.11. The molecule has 2 aliphatic rings. The van der Waals surface area contributed by atoms with Crippen LogP contribution < -0.4 is 0 Å². The van der Waals surface area contributed by atoms with Crippen LogP contribution >= 0.6 is 11.3 Å². The molecule has 27 heavy (non-hydrogen) atoms. The van der Waals surface area contributed by atoms with Gasteiger partial charge in [-0.25, -0.2) is 4.98 Å². The van der Waals surface area contributed by atoms with Crippen molar-refractivity contribution in [2.24, 2.45) is 0 Å². The van der Waals surface area contributed by atoms with Crippen LogP contribution in [0.1, 0.15) is 42.8 Å². The maximum atomic E-state index is 9.48. The Morgan fingerprint density at radius 2 is 2.11 bits per heavy atom. The minimum Gasteiger partial charge on any atom is -0.495 e. The fraction of sp³-hybridized carbons (Fsp3) is 0.304. The lowest BCUT2D eigenvalue weighted by molar-refractivity contribution is 0.143. The van der Waals surface area contributed by atoms with E-state index in [4.69, 9.17) is 4.74 Å². The van der Waals surface area contributed by atoms with E-state index in [1.807, 2.05) is 38.3 Å². The van der Waals surface area contributed by atoms with E-state index in [9.17, 15) is 5.26 Å². The largest absolute Gasteiger partial charge is 0.495 e. The third-order valence-corrected chi connectivity index (χ3v) is 5.92. The number of nitrogens with zero attached hydrogens (tertiary/aromatic N) is 2. The SMILES string of the molecule is CC(C)OC1=CC=C(c2ncc(-c3cccc4c3CCC4)s2)C=C(C#N)C1. The number of nitriles is 1. The van der Waals surface area contributed by atoms with Crippen molar-refractivity contribution in [2.75, 3.05) is 0 Å². The molecule has 1 aromatic heterocycles. The number of fused-ring (bicyclic) bond motifs is 1. The van der Waals surface area contributed by atoms with Crippen LogP contribution in [0, 0.1) is 11.3 Å². The molecule has 0 fully saturated rings. The Morgan fingerprint density at radius 1 is 1.22 bits per heavy atom. The van der Waals surface area contributed by atoms with Crippen LogP contribution in [0.4, 0.5) is 0 Å². The van der Waals surface area contributed by atoms with Gasteiger partial charge in [0.05, 0.1) is 17.1 Å². The van der Waals surface area contributed by atoms with Gasteiger partial charge in [0.1, 0.15) is 10.8 Å². The highest BCUT2D eigenvalue weighted by atomic mass is 32.1. The quantitative estimate of drug-likeness (QED) is 0.675. The summed E-state index contributed by atoms with van der Waals surface area (Å²) in [6, 6.07) is 8.89. The van der Waals surface area contributed by atoms with Gasteiger partial charge in [0.2, 0.25) is 0 Å². The molecule has 0 saturated carbocycles. The fourth-order valence-electron chi connectivity index (χ4n) is 3.69. The average Bonchev–Trinajstić information content (AvgIpc) is 3.28. The van der Waals surface area contributed by atoms with E-state index in [1.54, 1.807) is 11.3 Å². The van der Waals surface area contributed by atoms with Gasteiger partial charge in [0.15, 0.2) is 0 Å². The first-order chi connectivity index (χ1) is 13.1. The van der Waals surface area contributed by atoms with E-state index >= 15 is 0 Å². The first-order valence-electron chi connectivity index (χ1n) is 9.39. The second kappa shape index (κ2) is 7.54. The molecule has 0 amide bonds. The Labute approximate surface area is 164 Å². The van der Waals surface area contributed by atoms with E-state index in [0.717, 1.165) is 22.8 Å². The van der Waals surface area contributed by atoms with Gasteiger partial charge < -0.3 is 4.74 Å². The van der Waals surface area contributed by atoms with Crippen molar-refractivity contribution < 1.29 is 4.74 Å². The molecule has 1 aromatic carbocycles. The Morgan fingerprint density at radius 3 is 2.93 bits per heavy atom. The molecule has 0 aliphatic heterocycles. The van der Waals surface area contributed by atoms with Crippen molar-refractivity contribution in [3.8, 4) is 16.5 Å². The minimum atomic E-state index is 0.0952. The summed E-state index contributed by atoms with van der Waals surface area (Å²) in [5.41, 5.74) is 5.93. The molecule has 2 aliphatic carbocycles. The van der Waals surface area contributed by atoms with Crippen molar-refractivity contribution in [3.05, 3.63) is 70.1 Å². The molecule has 4 heteroatoms. The first kappa shape index (κ1) is 17.8. The smallest absolute Gasteiger partial charge is 0.123 e. The molecule has 0 saturated heterocycles. The maximum Gasteiger partial charge on any atom is 0.123 e. The summed E-state index contributed by atoms with van der Waals surface area (Å²) in [6.07, 6.45) is 12.1.